The molecular formula is C23H18F2N2O7S2. The van der Waals surface area contributed by atoms with Crippen LogP contribution in [0.15, 0.2) is 56.3 Å². The highest BCUT2D eigenvalue weighted by Gasteiger charge is 2.42. The minimum absolute atomic E-state index is 0.0253. The van der Waals surface area contributed by atoms with Crippen LogP contribution in [0.3, 0.4) is 0 Å². The molecule has 0 saturated carbocycles. The van der Waals surface area contributed by atoms with E-state index in [0.717, 1.165) is 24.3 Å². The van der Waals surface area contributed by atoms with Gasteiger partial charge in [0.25, 0.3) is 5.56 Å². The van der Waals surface area contributed by atoms with E-state index in [4.69, 9.17) is 4.74 Å². The van der Waals surface area contributed by atoms with Crippen LogP contribution in [0.2, 0.25) is 0 Å². The van der Waals surface area contributed by atoms with Gasteiger partial charge in [0, 0.05) is 5.38 Å². The second kappa shape index (κ2) is 8.68. The van der Waals surface area contributed by atoms with Crippen molar-refractivity contribution in [3.05, 3.63) is 84.7 Å². The first-order valence-corrected chi connectivity index (χ1v) is 12.6. The number of carbonyl (C=O) groups is 1. The summed E-state index contributed by atoms with van der Waals surface area (Å²) in [4.78, 5) is 38.7. The number of aromatic amines is 1. The number of thiophene rings is 1. The topological polar surface area (TPSA) is 136 Å². The van der Waals surface area contributed by atoms with Crippen LogP contribution in [-0.4, -0.2) is 36.2 Å². The number of ether oxygens (including phenoxy) is 1. The minimum Gasteiger partial charge on any atom is -0.496 e. The van der Waals surface area contributed by atoms with Gasteiger partial charge in [-0.25, -0.2) is 31.4 Å². The van der Waals surface area contributed by atoms with Crippen LogP contribution in [0.1, 0.15) is 29.1 Å². The first kappa shape index (κ1) is 25.3. The number of fused-ring (bicyclic) bond motifs is 1. The van der Waals surface area contributed by atoms with E-state index in [1.54, 1.807) is 0 Å². The molecule has 0 aliphatic heterocycles. The van der Waals surface area contributed by atoms with Crippen molar-refractivity contribution in [2.75, 3.05) is 7.11 Å². The Morgan fingerprint density at radius 1 is 1.14 bits per heavy atom. The number of hydrogen-bond acceptors (Lipinski definition) is 7. The Bertz CT molecular complexity index is 1770. The van der Waals surface area contributed by atoms with Gasteiger partial charge in [-0.3, -0.25) is 4.79 Å². The summed E-state index contributed by atoms with van der Waals surface area (Å²) in [6.07, 6.45) is 0. The molecule has 4 rings (SSSR count). The van der Waals surface area contributed by atoms with E-state index in [2.05, 4.69) is 4.98 Å². The Balaban J connectivity index is 1.98. The number of carboxylic acids is 1. The number of rotatable bonds is 6. The van der Waals surface area contributed by atoms with Gasteiger partial charge in [0.15, 0.2) is 9.84 Å². The smallest absolute Gasteiger partial charge is 0.346 e. The summed E-state index contributed by atoms with van der Waals surface area (Å²) in [5.74, 6) is -3.41. The number of nitrogens with one attached hydrogen (secondary N) is 1. The first-order chi connectivity index (χ1) is 16.8. The largest absolute Gasteiger partial charge is 0.496 e. The van der Waals surface area contributed by atoms with Crippen molar-refractivity contribution >= 4 is 38.0 Å². The molecule has 0 fully saturated rings. The molecule has 2 N–H and O–H groups in total. The van der Waals surface area contributed by atoms with Crippen molar-refractivity contribution in [1.29, 1.82) is 0 Å². The number of aromatic nitrogens is 2. The highest BCUT2D eigenvalue weighted by molar-refractivity contribution is 7.92. The summed E-state index contributed by atoms with van der Waals surface area (Å²) in [5, 5.41) is 10.3. The molecule has 0 saturated heterocycles. The number of methoxy groups -OCH3 is 1. The molecule has 2 heterocycles. The molecule has 0 atom stereocenters. The molecule has 0 spiro atoms. The van der Waals surface area contributed by atoms with Gasteiger partial charge >= 0.3 is 11.7 Å². The molecule has 2 aromatic heterocycles. The van der Waals surface area contributed by atoms with E-state index < -0.39 is 54.0 Å². The van der Waals surface area contributed by atoms with Gasteiger partial charge in [0.05, 0.1) is 34.2 Å². The number of carboxylic acid groups (broad SMARTS) is 1. The molecular weight excluding hydrogens is 518 g/mol. The first-order valence-electron chi connectivity index (χ1n) is 10.2. The third kappa shape index (κ3) is 3.71. The highest BCUT2D eigenvalue weighted by Crippen LogP contribution is 2.41. The summed E-state index contributed by atoms with van der Waals surface area (Å²) < 4.78 is 60.5. The SMILES string of the molecule is COc1cccc(F)c1C(C)(C)S(=O)(=O)c1ccc(F)c(-n2c(=O)[nH]c3csc(C(=O)O)c3c2=O)c1. The van der Waals surface area contributed by atoms with E-state index in [-0.39, 0.29) is 27.1 Å². The van der Waals surface area contributed by atoms with Gasteiger partial charge in [-0.2, -0.15) is 0 Å². The second-order valence-electron chi connectivity index (χ2n) is 8.17. The molecule has 188 valence electrons. The lowest BCUT2D eigenvalue weighted by Crippen LogP contribution is -2.35. The van der Waals surface area contributed by atoms with Crippen molar-refractivity contribution in [2.24, 2.45) is 0 Å². The molecule has 0 radical (unpaired) electrons. The molecule has 0 bridgehead atoms. The fourth-order valence-electron chi connectivity index (χ4n) is 3.93. The zero-order valence-electron chi connectivity index (χ0n) is 19.0. The molecule has 4 aromatic rings. The summed E-state index contributed by atoms with van der Waals surface area (Å²) in [7, 11) is -3.23. The van der Waals surface area contributed by atoms with E-state index in [0.29, 0.717) is 15.9 Å². The summed E-state index contributed by atoms with van der Waals surface area (Å²) in [6, 6.07) is 6.25. The molecule has 0 aliphatic rings. The van der Waals surface area contributed by atoms with Crippen molar-refractivity contribution in [2.45, 2.75) is 23.5 Å². The maximum atomic E-state index is 14.9. The quantitative estimate of drug-likeness (QED) is 0.361. The van der Waals surface area contributed by atoms with E-state index >= 15 is 0 Å². The average molecular weight is 537 g/mol. The Hall–Kier alpha value is -3.84. The Morgan fingerprint density at radius 3 is 2.47 bits per heavy atom. The Labute approximate surface area is 206 Å². The standard InChI is InChI=1S/C23H18F2N2O7S2/c1-23(2,18-13(25)5-4-6-16(18)34-3)36(32,33)11-7-8-12(24)15(9-11)27-20(28)17-14(26-22(27)31)10-35-19(17)21(29)30/h4-10H,1-3H3,(H,26,31)(H,29,30). The van der Waals surface area contributed by atoms with E-state index in [1.807, 2.05) is 0 Å². The summed E-state index contributed by atoms with van der Waals surface area (Å²) in [5.41, 5.74) is -3.29. The highest BCUT2D eigenvalue weighted by atomic mass is 32.2. The van der Waals surface area contributed by atoms with Crippen LogP contribution in [0.25, 0.3) is 16.6 Å². The van der Waals surface area contributed by atoms with E-state index in [1.165, 1.54) is 38.5 Å². The lowest BCUT2D eigenvalue weighted by Gasteiger charge is -2.27. The molecule has 2 aromatic carbocycles. The zero-order chi connectivity index (χ0) is 26.6. The predicted molar refractivity (Wildman–Crippen MR) is 128 cm³/mol. The Kier molecular flexibility index (Phi) is 6.09. The summed E-state index contributed by atoms with van der Waals surface area (Å²) in [6.45, 7) is 2.48. The second-order valence-corrected chi connectivity index (χ2v) is 11.6. The maximum absolute atomic E-state index is 14.9. The van der Waals surface area contributed by atoms with Gasteiger partial charge in [-0.05, 0) is 44.2 Å². The minimum atomic E-state index is -4.48. The van der Waals surface area contributed by atoms with Gasteiger partial charge < -0.3 is 14.8 Å². The lowest BCUT2D eigenvalue weighted by atomic mass is 10.0. The van der Waals surface area contributed by atoms with Crippen LogP contribution in [0, 0.1) is 11.6 Å². The maximum Gasteiger partial charge on any atom is 0.346 e. The third-order valence-corrected chi connectivity index (χ3v) is 9.18. The number of H-pyrrole nitrogens is 1. The lowest BCUT2D eigenvalue weighted by molar-refractivity contribution is 0.0704. The van der Waals surface area contributed by atoms with Crippen LogP contribution in [-0.2, 0) is 14.6 Å². The number of nitrogens with zero attached hydrogens (tertiary/aromatic N) is 1. The van der Waals surface area contributed by atoms with Crippen LogP contribution in [0.5, 0.6) is 5.75 Å². The van der Waals surface area contributed by atoms with Gasteiger partial charge in [0.2, 0.25) is 0 Å². The summed E-state index contributed by atoms with van der Waals surface area (Å²) >= 11 is 0.695. The van der Waals surface area contributed by atoms with Gasteiger partial charge in [-0.15, -0.1) is 11.3 Å². The molecule has 0 amide bonds. The fraction of sp³-hybridized carbons (Fsp3) is 0.174. The van der Waals surface area contributed by atoms with Gasteiger partial charge in [-0.1, -0.05) is 6.07 Å². The number of aromatic carboxylic acids is 1. The monoisotopic (exact) mass is 536 g/mol. The molecule has 13 heteroatoms. The zero-order valence-corrected chi connectivity index (χ0v) is 20.6. The molecule has 0 unspecified atom stereocenters. The predicted octanol–water partition coefficient (Wildman–Crippen LogP) is 3.43. The van der Waals surface area contributed by atoms with E-state index in [9.17, 15) is 36.7 Å². The van der Waals surface area contributed by atoms with Crippen molar-refractivity contribution in [1.82, 2.24) is 9.55 Å². The average Bonchev–Trinajstić information content (AvgIpc) is 3.24. The molecule has 36 heavy (non-hydrogen) atoms. The van der Waals surface area contributed by atoms with Crippen LogP contribution >= 0.6 is 11.3 Å². The number of hydrogen-bond donors (Lipinski definition) is 2. The third-order valence-electron chi connectivity index (χ3n) is 5.78. The Morgan fingerprint density at radius 2 is 1.83 bits per heavy atom. The fourth-order valence-corrected chi connectivity index (χ4v) is 6.33. The van der Waals surface area contributed by atoms with Crippen LogP contribution < -0.4 is 16.0 Å². The number of benzene rings is 2. The van der Waals surface area contributed by atoms with Crippen LogP contribution in [0.4, 0.5) is 8.78 Å². The van der Waals surface area contributed by atoms with Crippen molar-refractivity contribution in [3.8, 4) is 11.4 Å². The normalized spacial score (nSPS) is 12.1. The number of sulfone groups is 1. The molecule has 0 aliphatic carbocycles. The van der Waals surface area contributed by atoms with Crippen molar-refractivity contribution < 1.29 is 31.8 Å². The number of halogens is 2. The van der Waals surface area contributed by atoms with Crippen molar-refractivity contribution in [3.63, 3.8) is 0 Å². The van der Waals surface area contributed by atoms with Gasteiger partial charge in [0.1, 0.15) is 27.0 Å². The molecule has 9 nitrogen and oxygen atoms in total.